The second kappa shape index (κ2) is 12.4. The molecule has 0 spiro atoms. The van der Waals surface area contributed by atoms with Crippen LogP contribution in [0.5, 0.6) is 11.5 Å². The Balaban J connectivity index is 1.30. The van der Waals surface area contributed by atoms with Gasteiger partial charge in [0.05, 0.1) is 19.8 Å². The summed E-state index contributed by atoms with van der Waals surface area (Å²) in [5, 5.41) is 11.8. The zero-order valence-electron chi connectivity index (χ0n) is 22.2. The summed E-state index contributed by atoms with van der Waals surface area (Å²) in [7, 11) is 1.61. The van der Waals surface area contributed by atoms with E-state index in [1.54, 1.807) is 7.11 Å². The summed E-state index contributed by atoms with van der Waals surface area (Å²) in [4.78, 5) is 23.9. The van der Waals surface area contributed by atoms with Gasteiger partial charge < -0.3 is 24.6 Å². The maximum absolute atomic E-state index is 13.2. The van der Waals surface area contributed by atoms with Crippen molar-refractivity contribution in [3.05, 3.63) is 119 Å². The number of aliphatic carboxylic acids is 1. The Hall–Kier alpha value is -4.78. The normalized spacial score (nSPS) is 12.6. The number of benzene rings is 4. The molecule has 0 heterocycles. The number of ether oxygens (including phenoxy) is 3. The molecule has 0 aliphatic heterocycles. The number of hydrogen-bond donors (Lipinski definition) is 2. The molecule has 0 unspecified atom stereocenters. The summed E-state index contributed by atoms with van der Waals surface area (Å²) >= 11 is 0. The highest BCUT2D eigenvalue weighted by atomic mass is 16.5. The van der Waals surface area contributed by atoms with E-state index in [4.69, 9.17) is 19.3 Å². The molecule has 0 saturated carbocycles. The van der Waals surface area contributed by atoms with Gasteiger partial charge in [0.15, 0.2) is 0 Å². The average molecular weight is 538 g/mol. The predicted octanol–water partition coefficient (Wildman–Crippen LogP) is 6.57. The molecule has 0 bridgehead atoms. The Bertz CT molecular complexity index is 1420. The van der Waals surface area contributed by atoms with Crippen LogP contribution < -0.4 is 14.8 Å². The number of amides is 1. The first-order valence-electron chi connectivity index (χ1n) is 13.2. The summed E-state index contributed by atoms with van der Waals surface area (Å²) < 4.78 is 16.8. The van der Waals surface area contributed by atoms with Gasteiger partial charge in [-0.15, -0.1) is 0 Å². The van der Waals surface area contributed by atoms with E-state index in [1.165, 1.54) is 11.1 Å². The van der Waals surface area contributed by atoms with E-state index in [0.29, 0.717) is 24.5 Å². The van der Waals surface area contributed by atoms with Crippen molar-refractivity contribution in [3.8, 4) is 22.6 Å². The number of hydrogen-bond acceptors (Lipinski definition) is 5. The van der Waals surface area contributed by atoms with Crippen LogP contribution >= 0.6 is 0 Å². The highest BCUT2D eigenvalue weighted by molar-refractivity contribution is 5.79. The zero-order chi connectivity index (χ0) is 27.9. The third-order valence-electron chi connectivity index (χ3n) is 7.07. The largest absolute Gasteiger partial charge is 0.497 e. The topological polar surface area (TPSA) is 94.1 Å². The number of carbonyl (C=O) groups excluding carboxylic acids is 1. The van der Waals surface area contributed by atoms with Crippen LogP contribution in [0.25, 0.3) is 11.1 Å². The SMILES string of the molecule is COc1ccc([C@@H](NC(=O)OCC2c3ccccc3-c3ccccc32)c2ccc(OCCCC(=O)O)cc2)cc1. The fraction of sp³-hybridized carbons (Fsp3) is 0.212. The van der Waals surface area contributed by atoms with Crippen LogP contribution in [0.15, 0.2) is 97.1 Å². The van der Waals surface area contributed by atoms with Gasteiger partial charge in [-0.2, -0.15) is 0 Å². The van der Waals surface area contributed by atoms with E-state index < -0.39 is 18.1 Å². The van der Waals surface area contributed by atoms with Gasteiger partial charge in [-0.1, -0.05) is 72.8 Å². The second-order valence-electron chi connectivity index (χ2n) is 9.59. The molecule has 40 heavy (non-hydrogen) atoms. The van der Waals surface area contributed by atoms with Gasteiger partial charge in [0.25, 0.3) is 0 Å². The van der Waals surface area contributed by atoms with E-state index in [-0.39, 0.29) is 18.9 Å². The standard InChI is InChI=1S/C33H31NO6/c1-38-24-16-12-22(13-17-24)32(23-14-18-25(19-15-23)39-20-6-11-31(35)36)34-33(37)40-21-30-28-9-4-2-7-26(28)27-8-3-5-10-29(27)30/h2-5,7-10,12-19,30,32H,6,11,20-21H2,1H3,(H,34,37)(H,35,36)/t32-/m1/s1. The Morgan fingerprint density at radius 1 is 0.800 bits per heavy atom. The van der Waals surface area contributed by atoms with Gasteiger partial charge in [0.2, 0.25) is 0 Å². The number of carbonyl (C=O) groups is 2. The Labute approximate surface area is 233 Å². The molecule has 7 nitrogen and oxygen atoms in total. The number of alkyl carbamates (subject to hydrolysis) is 1. The van der Waals surface area contributed by atoms with Crippen molar-refractivity contribution in [2.75, 3.05) is 20.3 Å². The molecule has 4 aromatic carbocycles. The third-order valence-corrected chi connectivity index (χ3v) is 7.07. The average Bonchev–Trinajstić information content (AvgIpc) is 3.31. The summed E-state index contributed by atoms with van der Waals surface area (Å²) in [5.74, 6) is 0.466. The van der Waals surface area contributed by atoms with Crippen LogP contribution in [-0.2, 0) is 9.53 Å². The summed E-state index contributed by atoms with van der Waals surface area (Å²) in [6.45, 7) is 0.532. The van der Waals surface area contributed by atoms with Crippen molar-refractivity contribution in [2.45, 2.75) is 24.8 Å². The Morgan fingerprint density at radius 3 is 1.90 bits per heavy atom. The van der Waals surface area contributed by atoms with E-state index in [2.05, 4.69) is 29.6 Å². The molecule has 0 aromatic heterocycles. The zero-order valence-corrected chi connectivity index (χ0v) is 22.2. The molecule has 1 aliphatic rings. The number of nitrogens with one attached hydrogen (secondary N) is 1. The first kappa shape index (κ1) is 26.8. The minimum atomic E-state index is -0.847. The molecule has 1 atom stereocenters. The number of fused-ring (bicyclic) bond motifs is 3. The molecule has 1 amide bonds. The highest BCUT2D eigenvalue weighted by Gasteiger charge is 2.29. The van der Waals surface area contributed by atoms with Crippen molar-refractivity contribution in [2.24, 2.45) is 0 Å². The maximum atomic E-state index is 13.2. The van der Waals surface area contributed by atoms with E-state index >= 15 is 0 Å². The molecule has 1 aliphatic carbocycles. The molecule has 0 saturated heterocycles. The quantitative estimate of drug-likeness (QED) is 0.210. The van der Waals surface area contributed by atoms with Gasteiger partial charge in [0, 0.05) is 12.3 Å². The Kier molecular flexibility index (Phi) is 8.30. The summed E-state index contributed by atoms with van der Waals surface area (Å²) in [6.07, 6.45) is -0.0342. The molecule has 2 N–H and O–H groups in total. The molecule has 204 valence electrons. The molecule has 0 radical (unpaired) electrons. The molecular weight excluding hydrogens is 506 g/mol. The fourth-order valence-corrected chi connectivity index (χ4v) is 5.08. The first-order valence-corrected chi connectivity index (χ1v) is 13.2. The fourth-order valence-electron chi connectivity index (χ4n) is 5.08. The molecule has 5 rings (SSSR count). The minimum absolute atomic E-state index is 0.0323. The van der Waals surface area contributed by atoms with Crippen LogP contribution in [0.3, 0.4) is 0 Å². The van der Waals surface area contributed by atoms with Crippen LogP contribution in [-0.4, -0.2) is 37.5 Å². The van der Waals surface area contributed by atoms with Crippen LogP contribution in [0.1, 0.15) is 47.1 Å². The van der Waals surface area contributed by atoms with E-state index in [0.717, 1.165) is 22.3 Å². The molecular formula is C33H31NO6. The third kappa shape index (κ3) is 6.10. The van der Waals surface area contributed by atoms with E-state index in [9.17, 15) is 9.59 Å². The van der Waals surface area contributed by atoms with Crippen LogP contribution in [0.4, 0.5) is 4.79 Å². The molecule has 0 fully saturated rings. The maximum Gasteiger partial charge on any atom is 0.407 e. The highest BCUT2D eigenvalue weighted by Crippen LogP contribution is 2.44. The van der Waals surface area contributed by atoms with Crippen molar-refractivity contribution in [3.63, 3.8) is 0 Å². The number of carboxylic acids is 1. The summed E-state index contributed by atoms with van der Waals surface area (Å²) in [6, 6.07) is 30.9. The lowest BCUT2D eigenvalue weighted by atomic mass is 9.98. The lowest BCUT2D eigenvalue weighted by Gasteiger charge is -2.21. The Morgan fingerprint density at radius 2 is 1.35 bits per heavy atom. The van der Waals surface area contributed by atoms with Gasteiger partial charge in [-0.25, -0.2) is 4.79 Å². The minimum Gasteiger partial charge on any atom is -0.497 e. The smallest absolute Gasteiger partial charge is 0.407 e. The monoisotopic (exact) mass is 537 g/mol. The predicted molar refractivity (Wildman–Crippen MR) is 152 cm³/mol. The second-order valence-corrected chi connectivity index (χ2v) is 9.59. The van der Waals surface area contributed by atoms with Crippen molar-refractivity contribution >= 4 is 12.1 Å². The molecule has 4 aromatic rings. The van der Waals surface area contributed by atoms with Gasteiger partial charge in [-0.05, 0) is 64.1 Å². The van der Waals surface area contributed by atoms with Gasteiger partial charge in [0.1, 0.15) is 18.1 Å². The van der Waals surface area contributed by atoms with E-state index in [1.807, 2.05) is 72.8 Å². The lowest BCUT2D eigenvalue weighted by Crippen LogP contribution is -2.31. The van der Waals surface area contributed by atoms with Crippen molar-refractivity contribution in [1.29, 1.82) is 0 Å². The first-order chi connectivity index (χ1) is 19.5. The molecule has 7 heteroatoms. The van der Waals surface area contributed by atoms with Crippen molar-refractivity contribution < 1.29 is 28.9 Å². The summed E-state index contributed by atoms with van der Waals surface area (Å²) in [5.41, 5.74) is 6.37. The number of methoxy groups -OCH3 is 1. The van der Waals surface area contributed by atoms with Crippen LogP contribution in [0, 0.1) is 0 Å². The number of rotatable bonds is 11. The van der Waals surface area contributed by atoms with Gasteiger partial charge >= 0.3 is 12.1 Å². The van der Waals surface area contributed by atoms with Crippen molar-refractivity contribution in [1.82, 2.24) is 5.32 Å². The van der Waals surface area contributed by atoms with Crippen LogP contribution in [0.2, 0.25) is 0 Å². The number of carboxylic acid groups (broad SMARTS) is 1. The van der Waals surface area contributed by atoms with Gasteiger partial charge in [-0.3, -0.25) is 4.79 Å². The lowest BCUT2D eigenvalue weighted by molar-refractivity contribution is -0.137.